The summed E-state index contributed by atoms with van der Waals surface area (Å²) >= 11 is 0. The molecular weight excluding hydrogens is 264 g/mol. The van der Waals surface area contributed by atoms with Gasteiger partial charge < -0.3 is 15.0 Å². The molecule has 4 nitrogen and oxygen atoms in total. The average molecular weight is 296 g/mol. The summed E-state index contributed by atoms with van der Waals surface area (Å²) in [7, 11) is 1.67. The van der Waals surface area contributed by atoms with Crippen molar-refractivity contribution in [1.29, 1.82) is 0 Å². The third kappa shape index (κ3) is 3.78. The Balaban J connectivity index is 2.16. The molecule has 122 valence electrons. The van der Waals surface area contributed by atoms with E-state index in [9.17, 15) is 4.79 Å². The van der Waals surface area contributed by atoms with E-state index < -0.39 is 5.60 Å². The van der Waals surface area contributed by atoms with E-state index in [-0.39, 0.29) is 5.91 Å². The first kappa shape index (κ1) is 16.8. The van der Waals surface area contributed by atoms with Crippen LogP contribution in [0.5, 0.6) is 0 Å². The highest BCUT2D eigenvalue weighted by Crippen LogP contribution is 2.31. The van der Waals surface area contributed by atoms with Crippen LogP contribution in [0.4, 0.5) is 0 Å². The predicted octanol–water partition coefficient (Wildman–Crippen LogP) is 2.57. The minimum absolute atomic E-state index is 0.206. The van der Waals surface area contributed by atoms with Crippen LogP contribution in [0.25, 0.3) is 0 Å². The van der Waals surface area contributed by atoms with Gasteiger partial charge in [-0.05, 0) is 58.0 Å². The SMILES string of the molecule is CCC(C)(OC)C(=O)N1CCCCCC1C1CCNCC1. The van der Waals surface area contributed by atoms with E-state index in [1.165, 1.54) is 32.1 Å². The molecule has 0 spiro atoms. The van der Waals surface area contributed by atoms with Gasteiger partial charge in [-0.15, -0.1) is 0 Å². The standard InChI is InChI=1S/C17H32N2O2/c1-4-17(2,21-3)16(20)19-13-7-5-6-8-15(19)14-9-11-18-12-10-14/h14-15,18H,4-13H2,1-3H3. The second-order valence-corrected chi connectivity index (χ2v) is 6.79. The topological polar surface area (TPSA) is 41.6 Å². The number of hydrogen-bond donors (Lipinski definition) is 1. The smallest absolute Gasteiger partial charge is 0.254 e. The fraction of sp³-hybridized carbons (Fsp3) is 0.941. The molecule has 2 rings (SSSR count). The molecule has 21 heavy (non-hydrogen) atoms. The lowest BCUT2D eigenvalue weighted by atomic mass is 9.86. The first-order valence-corrected chi connectivity index (χ1v) is 8.69. The maximum atomic E-state index is 13.1. The maximum absolute atomic E-state index is 13.1. The number of carbonyl (C=O) groups excluding carboxylic acids is 1. The highest BCUT2D eigenvalue weighted by atomic mass is 16.5. The molecule has 2 heterocycles. The summed E-state index contributed by atoms with van der Waals surface area (Å²) in [5, 5.41) is 3.44. The second kappa shape index (κ2) is 7.59. The summed E-state index contributed by atoms with van der Waals surface area (Å²) in [6, 6.07) is 0.420. The molecule has 0 aliphatic carbocycles. The van der Waals surface area contributed by atoms with E-state index in [0.29, 0.717) is 12.0 Å². The second-order valence-electron chi connectivity index (χ2n) is 6.79. The summed E-state index contributed by atoms with van der Waals surface area (Å²) in [6.45, 7) is 7.09. The number of amides is 1. The van der Waals surface area contributed by atoms with Crippen LogP contribution in [0.15, 0.2) is 0 Å². The molecule has 0 bridgehead atoms. The molecule has 0 radical (unpaired) electrons. The van der Waals surface area contributed by atoms with Crippen molar-refractivity contribution in [3.8, 4) is 0 Å². The number of rotatable bonds is 4. The first-order valence-electron chi connectivity index (χ1n) is 8.69. The molecule has 2 aliphatic heterocycles. The molecule has 2 saturated heterocycles. The summed E-state index contributed by atoms with van der Waals surface area (Å²) in [6.07, 6.45) is 7.94. The van der Waals surface area contributed by atoms with Gasteiger partial charge in [-0.1, -0.05) is 19.8 Å². The van der Waals surface area contributed by atoms with Gasteiger partial charge in [0.2, 0.25) is 0 Å². The number of carbonyl (C=O) groups is 1. The fourth-order valence-electron chi connectivity index (χ4n) is 3.79. The van der Waals surface area contributed by atoms with Crippen LogP contribution in [0, 0.1) is 5.92 Å². The Hall–Kier alpha value is -0.610. The highest BCUT2D eigenvalue weighted by Gasteiger charge is 2.40. The van der Waals surface area contributed by atoms with Gasteiger partial charge >= 0.3 is 0 Å². The highest BCUT2D eigenvalue weighted by molar-refractivity contribution is 5.85. The lowest BCUT2D eigenvalue weighted by Crippen LogP contribution is -2.54. The maximum Gasteiger partial charge on any atom is 0.254 e. The molecule has 0 aromatic carbocycles. The number of nitrogens with zero attached hydrogens (tertiary/aromatic N) is 1. The van der Waals surface area contributed by atoms with Crippen LogP contribution in [0.2, 0.25) is 0 Å². The quantitative estimate of drug-likeness (QED) is 0.867. The lowest BCUT2D eigenvalue weighted by Gasteiger charge is -2.41. The Labute approximate surface area is 129 Å². The fourth-order valence-corrected chi connectivity index (χ4v) is 3.79. The predicted molar refractivity (Wildman–Crippen MR) is 85.3 cm³/mol. The zero-order valence-corrected chi connectivity index (χ0v) is 14.0. The zero-order valence-electron chi connectivity index (χ0n) is 14.0. The Kier molecular flexibility index (Phi) is 6.06. The van der Waals surface area contributed by atoms with E-state index in [4.69, 9.17) is 4.74 Å². The van der Waals surface area contributed by atoms with Crippen LogP contribution in [0.1, 0.15) is 58.8 Å². The lowest BCUT2D eigenvalue weighted by molar-refractivity contribution is -0.157. The molecule has 2 atom stereocenters. The minimum atomic E-state index is -0.657. The van der Waals surface area contributed by atoms with E-state index >= 15 is 0 Å². The van der Waals surface area contributed by atoms with E-state index in [0.717, 1.165) is 32.5 Å². The molecule has 0 aromatic rings. The van der Waals surface area contributed by atoms with Crippen LogP contribution >= 0.6 is 0 Å². The molecule has 2 unspecified atom stereocenters. The van der Waals surface area contributed by atoms with Gasteiger partial charge in [-0.25, -0.2) is 0 Å². The number of ether oxygens (including phenoxy) is 1. The monoisotopic (exact) mass is 296 g/mol. The van der Waals surface area contributed by atoms with Gasteiger partial charge in [0.1, 0.15) is 5.60 Å². The molecule has 2 aliphatic rings. The third-order valence-corrected chi connectivity index (χ3v) is 5.57. The zero-order chi connectivity index (χ0) is 15.3. The summed E-state index contributed by atoms with van der Waals surface area (Å²) < 4.78 is 5.57. The van der Waals surface area contributed by atoms with E-state index in [1.54, 1.807) is 7.11 Å². The number of nitrogens with one attached hydrogen (secondary N) is 1. The van der Waals surface area contributed by atoms with Gasteiger partial charge in [0.15, 0.2) is 0 Å². The van der Waals surface area contributed by atoms with Gasteiger partial charge in [0, 0.05) is 19.7 Å². The third-order valence-electron chi connectivity index (χ3n) is 5.57. The molecule has 1 N–H and O–H groups in total. The average Bonchev–Trinajstić information content (AvgIpc) is 2.80. The van der Waals surface area contributed by atoms with Crippen molar-refractivity contribution in [2.75, 3.05) is 26.7 Å². The Bertz CT molecular complexity index is 336. The van der Waals surface area contributed by atoms with Gasteiger partial charge in [-0.3, -0.25) is 4.79 Å². The van der Waals surface area contributed by atoms with Gasteiger partial charge in [-0.2, -0.15) is 0 Å². The number of piperidine rings is 1. The number of likely N-dealkylation sites (tertiary alicyclic amines) is 1. The molecule has 4 heteroatoms. The number of hydrogen-bond acceptors (Lipinski definition) is 3. The summed E-state index contributed by atoms with van der Waals surface area (Å²) in [4.78, 5) is 15.2. The first-order chi connectivity index (χ1) is 10.1. The van der Waals surface area contributed by atoms with Crippen molar-refractivity contribution >= 4 is 5.91 Å². The molecule has 0 saturated carbocycles. The van der Waals surface area contributed by atoms with Crippen LogP contribution in [-0.4, -0.2) is 49.2 Å². The van der Waals surface area contributed by atoms with Crippen LogP contribution < -0.4 is 5.32 Å². The molecule has 2 fully saturated rings. The van der Waals surface area contributed by atoms with Gasteiger partial charge in [0.25, 0.3) is 5.91 Å². The van der Waals surface area contributed by atoms with Crippen molar-refractivity contribution < 1.29 is 9.53 Å². The minimum Gasteiger partial charge on any atom is -0.369 e. The van der Waals surface area contributed by atoms with Crippen LogP contribution in [-0.2, 0) is 9.53 Å². The van der Waals surface area contributed by atoms with Crippen molar-refractivity contribution in [2.45, 2.75) is 70.4 Å². The van der Waals surface area contributed by atoms with Crippen molar-refractivity contribution in [3.63, 3.8) is 0 Å². The Morgan fingerprint density at radius 2 is 1.95 bits per heavy atom. The Morgan fingerprint density at radius 3 is 2.57 bits per heavy atom. The summed E-state index contributed by atoms with van der Waals surface area (Å²) in [5.74, 6) is 0.865. The molecule has 1 amide bonds. The van der Waals surface area contributed by atoms with Crippen molar-refractivity contribution in [2.24, 2.45) is 5.92 Å². The van der Waals surface area contributed by atoms with E-state index in [2.05, 4.69) is 10.2 Å². The molecular formula is C17H32N2O2. The van der Waals surface area contributed by atoms with Crippen molar-refractivity contribution in [1.82, 2.24) is 10.2 Å². The summed E-state index contributed by atoms with van der Waals surface area (Å²) in [5.41, 5.74) is -0.657. The number of methoxy groups -OCH3 is 1. The van der Waals surface area contributed by atoms with Crippen molar-refractivity contribution in [3.05, 3.63) is 0 Å². The normalized spacial score (nSPS) is 28.0. The Morgan fingerprint density at radius 1 is 1.24 bits per heavy atom. The largest absolute Gasteiger partial charge is 0.369 e. The van der Waals surface area contributed by atoms with Crippen LogP contribution in [0.3, 0.4) is 0 Å². The van der Waals surface area contributed by atoms with E-state index in [1.807, 2.05) is 13.8 Å². The van der Waals surface area contributed by atoms with Gasteiger partial charge in [0.05, 0.1) is 0 Å². The molecule has 0 aromatic heterocycles.